The highest BCUT2D eigenvalue weighted by atomic mass is 32.2. The van der Waals surface area contributed by atoms with Gasteiger partial charge in [0.15, 0.2) is 0 Å². The van der Waals surface area contributed by atoms with Gasteiger partial charge in [0, 0.05) is 25.4 Å². The SMILES string of the molecule is CC(Nc1ccc(=O)n(C)c1)c1cccc(S(N)(=O)=O)c1. The van der Waals surface area contributed by atoms with Gasteiger partial charge < -0.3 is 9.88 Å². The number of rotatable bonds is 4. The fourth-order valence-electron chi connectivity index (χ4n) is 1.97. The minimum Gasteiger partial charge on any atom is -0.377 e. The van der Waals surface area contributed by atoms with Crippen LogP contribution in [0.2, 0.25) is 0 Å². The minimum atomic E-state index is -3.72. The summed E-state index contributed by atoms with van der Waals surface area (Å²) >= 11 is 0. The molecule has 1 aromatic heterocycles. The predicted octanol–water partition coefficient (Wildman–Crippen LogP) is 1.21. The van der Waals surface area contributed by atoms with Crippen molar-refractivity contribution in [2.24, 2.45) is 12.2 Å². The van der Waals surface area contributed by atoms with Crippen LogP contribution in [-0.2, 0) is 17.1 Å². The van der Waals surface area contributed by atoms with Gasteiger partial charge in [-0.3, -0.25) is 4.79 Å². The Morgan fingerprint density at radius 1 is 1.24 bits per heavy atom. The molecular weight excluding hydrogens is 290 g/mol. The number of pyridine rings is 1. The largest absolute Gasteiger partial charge is 0.377 e. The molecule has 1 unspecified atom stereocenters. The normalized spacial score (nSPS) is 12.9. The summed E-state index contributed by atoms with van der Waals surface area (Å²) in [5.74, 6) is 0. The molecule has 0 saturated heterocycles. The summed E-state index contributed by atoms with van der Waals surface area (Å²) < 4.78 is 24.2. The number of nitrogens with one attached hydrogen (secondary N) is 1. The first kappa shape index (κ1) is 15.3. The van der Waals surface area contributed by atoms with E-state index in [-0.39, 0.29) is 16.5 Å². The molecule has 0 aliphatic rings. The molecule has 0 saturated carbocycles. The first-order valence-corrected chi connectivity index (χ1v) is 7.88. The van der Waals surface area contributed by atoms with E-state index in [0.717, 1.165) is 11.3 Å². The third kappa shape index (κ3) is 3.71. The quantitative estimate of drug-likeness (QED) is 0.887. The Morgan fingerprint density at radius 3 is 2.57 bits per heavy atom. The highest BCUT2D eigenvalue weighted by Gasteiger charge is 2.11. The Balaban J connectivity index is 2.26. The first-order valence-electron chi connectivity index (χ1n) is 6.33. The van der Waals surface area contributed by atoms with Crippen LogP contribution in [0.3, 0.4) is 0 Å². The van der Waals surface area contributed by atoms with Crippen molar-refractivity contribution >= 4 is 15.7 Å². The smallest absolute Gasteiger partial charge is 0.250 e. The van der Waals surface area contributed by atoms with Gasteiger partial charge in [0.25, 0.3) is 0 Å². The van der Waals surface area contributed by atoms with Gasteiger partial charge in [-0.1, -0.05) is 12.1 Å². The fraction of sp³-hybridized carbons (Fsp3) is 0.214. The van der Waals surface area contributed by atoms with Crippen molar-refractivity contribution in [3.63, 3.8) is 0 Å². The molecule has 2 aromatic rings. The third-order valence-corrected chi connectivity index (χ3v) is 4.07. The highest BCUT2D eigenvalue weighted by molar-refractivity contribution is 7.89. The van der Waals surface area contributed by atoms with Crippen molar-refractivity contribution in [3.05, 3.63) is 58.5 Å². The number of hydrogen-bond donors (Lipinski definition) is 2. The molecule has 0 amide bonds. The summed E-state index contributed by atoms with van der Waals surface area (Å²) in [5, 5.41) is 8.34. The molecule has 7 heteroatoms. The number of benzene rings is 1. The molecule has 0 aliphatic heterocycles. The molecule has 6 nitrogen and oxygen atoms in total. The molecule has 1 aromatic carbocycles. The maximum absolute atomic E-state index is 11.4. The number of anilines is 1. The second kappa shape index (κ2) is 5.71. The van der Waals surface area contributed by atoms with Crippen LogP contribution >= 0.6 is 0 Å². The van der Waals surface area contributed by atoms with Gasteiger partial charge in [0.2, 0.25) is 15.6 Å². The Labute approximate surface area is 123 Å². The maximum Gasteiger partial charge on any atom is 0.250 e. The van der Waals surface area contributed by atoms with Crippen LogP contribution in [0.5, 0.6) is 0 Å². The van der Waals surface area contributed by atoms with E-state index in [1.807, 2.05) is 13.0 Å². The average Bonchev–Trinajstić information content (AvgIpc) is 2.42. The van der Waals surface area contributed by atoms with E-state index in [9.17, 15) is 13.2 Å². The van der Waals surface area contributed by atoms with Gasteiger partial charge in [-0.05, 0) is 30.7 Å². The van der Waals surface area contributed by atoms with Gasteiger partial charge in [-0.15, -0.1) is 0 Å². The second-order valence-corrected chi connectivity index (χ2v) is 6.41. The summed E-state index contributed by atoms with van der Waals surface area (Å²) in [6.45, 7) is 1.90. The van der Waals surface area contributed by atoms with Crippen molar-refractivity contribution in [1.29, 1.82) is 0 Å². The van der Waals surface area contributed by atoms with Crippen LogP contribution in [0.4, 0.5) is 5.69 Å². The van der Waals surface area contributed by atoms with E-state index in [1.165, 1.54) is 22.8 Å². The molecule has 0 aliphatic carbocycles. The van der Waals surface area contributed by atoms with Crippen molar-refractivity contribution in [1.82, 2.24) is 4.57 Å². The maximum atomic E-state index is 11.4. The summed E-state index contributed by atoms with van der Waals surface area (Å²) in [6.07, 6.45) is 1.68. The fourth-order valence-corrected chi connectivity index (χ4v) is 2.54. The van der Waals surface area contributed by atoms with Crippen LogP contribution in [0.15, 0.2) is 52.3 Å². The topological polar surface area (TPSA) is 94.2 Å². The lowest BCUT2D eigenvalue weighted by atomic mass is 10.1. The predicted molar refractivity (Wildman–Crippen MR) is 81.5 cm³/mol. The van der Waals surface area contributed by atoms with Gasteiger partial charge in [0.1, 0.15) is 0 Å². The van der Waals surface area contributed by atoms with Crippen molar-refractivity contribution < 1.29 is 8.42 Å². The molecule has 2 rings (SSSR count). The summed E-state index contributed by atoms with van der Waals surface area (Å²) in [6, 6.07) is 9.47. The zero-order valence-corrected chi connectivity index (χ0v) is 12.6. The lowest BCUT2D eigenvalue weighted by Crippen LogP contribution is -2.16. The zero-order valence-electron chi connectivity index (χ0n) is 11.8. The molecule has 3 N–H and O–H groups in total. The molecule has 21 heavy (non-hydrogen) atoms. The Morgan fingerprint density at radius 2 is 1.95 bits per heavy atom. The van der Waals surface area contributed by atoms with Crippen molar-refractivity contribution in [2.45, 2.75) is 17.9 Å². The molecule has 1 heterocycles. The van der Waals surface area contributed by atoms with Crippen LogP contribution in [0.1, 0.15) is 18.5 Å². The molecule has 0 fully saturated rings. The number of nitrogens with two attached hydrogens (primary N) is 1. The monoisotopic (exact) mass is 307 g/mol. The lowest BCUT2D eigenvalue weighted by Gasteiger charge is -2.16. The molecule has 0 bridgehead atoms. The number of aromatic nitrogens is 1. The van der Waals surface area contributed by atoms with Gasteiger partial charge in [0.05, 0.1) is 10.6 Å². The standard InChI is InChI=1S/C14H17N3O3S/c1-10(16-12-6-7-14(18)17(2)9-12)11-4-3-5-13(8-11)21(15,19)20/h3-10,16H,1-2H3,(H2,15,19,20). The summed E-state index contributed by atoms with van der Waals surface area (Å²) in [5.41, 5.74) is 1.46. The third-order valence-electron chi connectivity index (χ3n) is 3.16. The van der Waals surface area contributed by atoms with Gasteiger partial charge in [-0.25, -0.2) is 13.6 Å². The Kier molecular flexibility index (Phi) is 4.15. The number of aryl methyl sites for hydroxylation is 1. The van der Waals surface area contributed by atoms with E-state index >= 15 is 0 Å². The van der Waals surface area contributed by atoms with Crippen LogP contribution < -0.4 is 16.0 Å². The summed E-state index contributed by atoms with van der Waals surface area (Å²) in [7, 11) is -2.05. The molecule has 0 spiro atoms. The van der Waals surface area contributed by atoms with Crippen LogP contribution in [0.25, 0.3) is 0 Å². The average molecular weight is 307 g/mol. The van der Waals surface area contributed by atoms with E-state index < -0.39 is 10.0 Å². The Bertz CT molecular complexity index is 812. The number of nitrogens with zero attached hydrogens (tertiary/aromatic N) is 1. The van der Waals surface area contributed by atoms with E-state index in [2.05, 4.69) is 5.32 Å². The van der Waals surface area contributed by atoms with Crippen LogP contribution in [0, 0.1) is 0 Å². The van der Waals surface area contributed by atoms with E-state index in [1.54, 1.807) is 25.4 Å². The second-order valence-electron chi connectivity index (χ2n) is 4.85. The number of sulfonamides is 1. The number of hydrogen-bond acceptors (Lipinski definition) is 4. The van der Waals surface area contributed by atoms with Gasteiger partial charge >= 0.3 is 0 Å². The number of primary sulfonamides is 1. The van der Waals surface area contributed by atoms with Crippen molar-refractivity contribution in [2.75, 3.05) is 5.32 Å². The molecule has 1 atom stereocenters. The van der Waals surface area contributed by atoms with E-state index in [4.69, 9.17) is 5.14 Å². The highest BCUT2D eigenvalue weighted by Crippen LogP contribution is 2.20. The molecule has 0 radical (unpaired) electrons. The van der Waals surface area contributed by atoms with Crippen molar-refractivity contribution in [3.8, 4) is 0 Å². The van der Waals surface area contributed by atoms with Crippen LogP contribution in [-0.4, -0.2) is 13.0 Å². The zero-order chi connectivity index (χ0) is 15.6. The lowest BCUT2D eigenvalue weighted by molar-refractivity contribution is 0.597. The first-order chi connectivity index (χ1) is 9.77. The molecular formula is C14H17N3O3S. The molecule has 112 valence electrons. The van der Waals surface area contributed by atoms with E-state index in [0.29, 0.717) is 0 Å². The minimum absolute atomic E-state index is 0.0779. The van der Waals surface area contributed by atoms with Gasteiger partial charge in [-0.2, -0.15) is 0 Å². The Hall–Kier alpha value is -2.12. The summed E-state index contributed by atoms with van der Waals surface area (Å²) in [4.78, 5) is 11.4.